The number of halogens is 1. The molecule has 0 bridgehead atoms. The minimum Gasteiger partial charge on any atom is -0.310 e. The Balaban J connectivity index is 2.19. The van der Waals surface area contributed by atoms with Gasteiger partial charge in [0.05, 0.1) is 0 Å². The van der Waals surface area contributed by atoms with Crippen molar-refractivity contribution in [3.8, 4) is 0 Å². The Morgan fingerprint density at radius 1 is 1.10 bits per heavy atom. The third-order valence-corrected chi connectivity index (χ3v) is 3.91. The summed E-state index contributed by atoms with van der Waals surface area (Å²) < 4.78 is 1.15. The predicted octanol–water partition coefficient (Wildman–Crippen LogP) is 5.04. The molecular formula is C18H22BrN. The maximum Gasteiger partial charge on any atom is 0.0360 e. The summed E-state index contributed by atoms with van der Waals surface area (Å²) in [4.78, 5) is 0. The van der Waals surface area contributed by atoms with Crippen molar-refractivity contribution in [3.05, 3.63) is 69.7 Å². The third-order valence-electron chi connectivity index (χ3n) is 3.41. The fourth-order valence-corrected chi connectivity index (χ4v) is 2.86. The van der Waals surface area contributed by atoms with E-state index in [1.165, 1.54) is 16.7 Å². The van der Waals surface area contributed by atoms with E-state index in [0.717, 1.165) is 23.9 Å². The van der Waals surface area contributed by atoms with Gasteiger partial charge in [0.25, 0.3) is 0 Å². The van der Waals surface area contributed by atoms with E-state index in [0.29, 0.717) is 6.04 Å². The minimum atomic E-state index is 0.379. The van der Waals surface area contributed by atoms with Gasteiger partial charge in [0.15, 0.2) is 0 Å². The second-order valence-corrected chi connectivity index (χ2v) is 6.17. The van der Waals surface area contributed by atoms with Gasteiger partial charge in [-0.05, 0) is 49.6 Å². The van der Waals surface area contributed by atoms with E-state index >= 15 is 0 Å². The maximum absolute atomic E-state index is 3.67. The summed E-state index contributed by atoms with van der Waals surface area (Å²) in [7, 11) is 0. The van der Waals surface area contributed by atoms with Gasteiger partial charge in [-0.3, -0.25) is 0 Å². The molecule has 0 radical (unpaired) electrons. The zero-order chi connectivity index (χ0) is 14.4. The van der Waals surface area contributed by atoms with Gasteiger partial charge in [-0.2, -0.15) is 0 Å². The molecule has 0 aromatic heterocycles. The predicted molar refractivity (Wildman–Crippen MR) is 90.1 cm³/mol. The molecule has 1 N–H and O–H groups in total. The van der Waals surface area contributed by atoms with Gasteiger partial charge < -0.3 is 5.32 Å². The quantitative estimate of drug-likeness (QED) is 0.781. The van der Waals surface area contributed by atoms with Crippen LogP contribution in [-0.2, 0) is 6.42 Å². The highest BCUT2D eigenvalue weighted by Crippen LogP contribution is 2.21. The summed E-state index contributed by atoms with van der Waals surface area (Å²) in [6, 6.07) is 17.8. The van der Waals surface area contributed by atoms with Crippen LogP contribution in [0.3, 0.4) is 0 Å². The van der Waals surface area contributed by atoms with Crippen molar-refractivity contribution in [2.24, 2.45) is 0 Å². The largest absolute Gasteiger partial charge is 0.310 e. The molecule has 0 saturated heterocycles. The third kappa shape index (κ3) is 4.46. The molecule has 0 spiro atoms. The molecule has 0 aliphatic heterocycles. The summed E-state index contributed by atoms with van der Waals surface area (Å²) >= 11 is 3.55. The number of benzene rings is 2. The topological polar surface area (TPSA) is 12.0 Å². The van der Waals surface area contributed by atoms with Crippen molar-refractivity contribution >= 4 is 15.9 Å². The zero-order valence-corrected chi connectivity index (χ0v) is 13.8. The maximum atomic E-state index is 3.67. The van der Waals surface area contributed by atoms with Gasteiger partial charge in [0.1, 0.15) is 0 Å². The van der Waals surface area contributed by atoms with Crippen LogP contribution < -0.4 is 5.32 Å². The van der Waals surface area contributed by atoms with Crippen molar-refractivity contribution in [1.29, 1.82) is 0 Å². The van der Waals surface area contributed by atoms with E-state index < -0.39 is 0 Å². The second-order valence-electron chi connectivity index (χ2n) is 5.25. The smallest absolute Gasteiger partial charge is 0.0360 e. The molecule has 2 heteroatoms. The lowest BCUT2D eigenvalue weighted by Gasteiger charge is -2.20. The molecule has 0 amide bonds. The number of nitrogens with one attached hydrogen (secondary N) is 1. The first-order chi connectivity index (χ1) is 9.69. The van der Waals surface area contributed by atoms with Crippen molar-refractivity contribution in [2.75, 3.05) is 6.54 Å². The molecule has 0 heterocycles. The van der Waals surface area contributed by atoms with Gasteiger partial charge in [-0.15, -0.1) is 0 Å². The van der Waals surface area contributed by atoms with Crippen molar-refractivity contribution in [1.82, 2.24) is 5.32 Å². The molecule has 106 valence electrons. The highest BCUT2D eigenvalue weighted by Gasteiger charge is 2.11. The van der Waals surface area contributed by atoms with Crippen LogP contribution in [0.2, 0.25) is 0 Å². The van der Waals surface area contributed by atoms with Crippen LogP contribution in [-0.4, -0.2) is 6.54 Å². The summed E-state index contributed by atoms with van der Waals surface area (Å²) in [5.74, 6) is 0. The van der Waals surface area contributed by atoms with Crippen LogP contribution >= 0.6 is 15.9 Å². The van der Waals surface area contributed by atoms with E-state index in [-0.39, 0.29) is 0 Å². The van der Waals surface area contributed by atoms with E-state index in [4.69, 9.17) is 0 Å². The lowest BCUT2D eigenvalue weighted by molar-refractivity contribution is 0.529. The molecule has 2 aromatic carbocycles. The number of aryl methyl sites for hydroxylation is 1. The van der Waals surface area contributed by atoms with Crippen LogP contribution in [0.25, 0.3) is 0 Å². The van der Waals surface area contributed by atoms with Crippen LogP contribution in [0.1, 0.15) is 36.1 Å². The Bertz CT molecular complexity index is 551. The molecule has 2 aromatic rings. The lowest BCUT2D eigenvalue weighted by atomic mass is 9.97. The van der Waals surface area contributed by atoms with Crippen molar-refractivity contribution < 1.29 is 0 Å². The van der Waals surface area contributed by atoms with Crippen molar-refractivity contribution in [2.45, 2.75) is 32.7 Å². The van der Waals surface area contributed by atoms with E-state index in [1.54, 1.807) is 0 Å². The highest BCUT2D eigenvalue weighted by atomic mass is 79.9. The van der Waals surface area contributed by atoms with Crippen molar-refractivity contribution in [3.63, 3.8) is 0 Å². The lowest BCUT2D eigenvalue weighted by Crippen LogP contribution is -2.24. The second kappa shape index (κ2) is 7.61. The summed E-state index contributed by atoms with van der Waals surface area (Å²) in [5, 5.41) is 3.67. The van der Waals surface area contributed by atoms with Crippen LogP contribution in [0, 0.1) is 6.92 Å². The Kier molecular flexibility index (Phi) is 5.81. The molecule has 0 fully saturated rings. The van der Waals surface area contributed by atoms with Crippen LogP contribution in [0.4, 0.5) is 0 Å². The highest BCUT2D eigenvalue weighted by molar-refractivity contribution is 9.10. The molecule has 2 rings (SSSR count). The van der Waals surface area contributed by atoms with E-state index in [2.05, 4.69) is 83.6 Å². The van der Waals surface area contributed by atoms with Crippen LogP contribution in [0.5, 0.6) is 0 Å². The Hall–Kier alpha value is -1.12. The molecule has 0 aliphatic rings. The molecular weight excluding hydrogens is 310 g/mol. The summed E-state index contributed by atoms with van der Waals surface area (Å²) in [5.41, 5.74) is 4.05. The van der Waals surface area contributed by atoms with Crippen LogP contribution in [0.15, 0.2) is 53.0 Å². The Labute approximate surface area is 130 Å². The Morgan fingerprint density at radius 2 is 1.90 bits per heavy atom. The molecule has 1 unspecified atom stereocenters. The number of hydrogen-bond acceptors (Lipinski definition) is 1. The fourth-order valence-electron chi connectivity index (χ4n) is 2.41. The average Bonchev–Trinajstić information content (AvgIpc) is 2.43. The first-order valence-corrected chi connectivity index (χ1v) is 8.02. The standard InChI is InChI=1S/C18H22BrN/c1-3-10-20-18(16-8-4-6-14(2)11-16)13-15-7-5-9-17(19)12-15/h4-9,11-12,18,20H,3,10,13H2,1-2H3. The summed E-state index contributed by atoms with van der Waals surface area (Å²) in [6.07, 6.45) is 2.17. The van der Waals surface area contributed by atoms with Gasteiger partial charge >= 0.3 is 0 Å². The first kappa shape index (κ1) is 15.3. The minimum absolute atomic E-state index is 0.379. The molecule has 0 aliphatic carbocycles. The number of hydrogen-bond donors (Lipinski definition) is 1. The summed E-state index contributed by atoms with van der Waals surface area (Å²) in [6.45, 7) is 5.41. The zero-order valence-electron chi connectivity index (χ0n) is 12.2. The van der Waals surface area contributed by atoms with E-state index in [9.17, 15) is 0 Å². The molecule has 1 atom stereocenters. The average molecular weight is 332 g/mol. The van der Waals surface area contributed by atoms with Gasteiger partial charge in [-0.25, -0.2) is 0 Å². The molecule has 0 saturated carbocycles. The van der Waals surface area contributed by atoms with Gasteiger partial charge in [0.2, 0.25) is 0 Å². The first-order valence-electron chi connectivity index (χ1n) is 7.23. The Morgan fingerprint density at radius 3 is 2.60 bits per heavy atom. The molecule has 20 heavy (non-hydrogen) atoms. The van der Waals surface area contributed by atoms with E-state index in [1.807, 2.05) is 0 Å². The fraction of sp³-hybridized carbons (Fsp3) is 0.333. The van der Waals surface area contributed by atoms with Gasteiger partial charge in [-0.1, -0.05) is 64.8 Å². The number of rotatable bonds is 6. The van der Waals surface area contributed by atoms with Gasteiger partial charge in [0, 0.05) is 10.5 Å². The SMILES string of the molecule is CCCNC(Cc1cccc(Br)c1)c1cccc(C)c1. The monoisotopic (exact) mass is 331 g/mol. The normalized spacial score (nSPS) is 12.3. The molecule has 1 nitrogen and oxygen atoms in total.